The molecule has 8 nitrogen and oxygen atoms in total. The number of hydrogen-bond acceptors (Lipinski definition) is 6. The number of carbonyl (C=O) groups is 3. The second-order valence-electron chi connectivity index (χ2n) is 3.73. The predicted molar refractivity (Wildman–Crippen MR) is 62.9 cm³/mol. The molecule has 0 aliphatic rings. The van der Waals surface area contributed by atoms with Crippen LogP contribution in [0.15, 0.2) is 30.3 Å². The van der Waals surface area contributed by atoms with Crippen LogP contribution in [-0.2, 0) is 19.4 Å². The zero-order chi connectivity index (χ0) is 15.3. The first-order chi connectivity index (χ1) is 9.37. The van der Waals surface area contributed by atoms with Gasteiger partial charge in [0.05, 0.1) is 7.11 Å². The van der Waals surface area contributed by atoms with Gasteiger partial charge in [0, 0.05) is 5.56 Å². The summed E-state index contributed by atoms with van der Waals surface area (Å²) in [4.78, 5) is 42.9. The fourth-order valence-corrected chi connectivity index (χ4v) is 1.57. The monoisotopic (exact) mass is 284 g/mol. The van der Waals surface area contributed by atoms with Crippen LogP contribution in [0.5, 0.6) is 0 Å². The van der Waals surface area contributed by atoms with Crippen LogP contribution in [-0.4, -0.2) is 51.9 Å². The molecule has 0 bridgehead atoms. The summed E-state index contributed by atoms with van der Waals surface area (Å²) in [5.74, 6) is -5.17. The molecule has 0 unspecified atom stereocenters. The van der Waals surface area contributed by atoms with E-state index in [9.17, 15) is 19.5 Å². The molecule has 108 valence electrons. The first kappa shape index (κ1) is 15.8. The van der Waals surface area contributed by atoms with E-state index in [0.717, 1.165) is 7.11 Å². The minimum atomic E-state index is -3.10. The van der Waals surface area contributed by atoms with Crippen molar-refractivity contribution in [3.8, 4) is 0 Å². The Balaban J connectivity index is 3.39. The topological polar surface area (TPSA) is 130 Å². The molecular weight excluding hydrogens is 272 g/mol. The average Bonchev–Trinajstić information content (AvgIpc) is 2.43. The van der Waals surface area contributed by atoms with Crippen molar-refractivity contribution in [3.05, 3.63) is 35.9 Å². The van der Waals surface area contributed by atoms with Gasteiger partial charge in [0.25, 0.3) is 5.60 Å². The summed E-state index contributed by atoms with van der Waals surface area (Å²) in [7, 11) is 0.893. The van der Waals surface area contributed by atoms with Crippen molar-refractivity contribution in [2.24, 2.45) is 0 Å². The normalized spacial score (nSPS) is 15.1. The molecule has 0 fully saturated rings. The van der Waals surface area contributed by atoms with E-state index >= 15 is 0 Å². The number of aliphatic carboxylic acids is 2. The molecule has 20 heavy (non-hydrogen) atoms. The lowest BCUT2D eigenvalue weighted by Gasteiger charge is -2.28. The molecule has 3 N–H and O–H groups in total. The van der Waals surface area contributed by atoms with Crippen molar-refractivity contribution in [3.63, 3.8) is 0 Å². The molecule has 0 saturated heterocycles. The Bertz CT molecular complexity index is 511. The van der Waals surface area contributed by atoms with E-state index < -0.39 is 29.4 Å². The van der Waals surface area contributed by atoms with Crippen molar-refractivity contribution in [1.29, 1.82) is 0 Å². The highest BCUT2D eigenvalue weighted by molar-refractivity contribution is 6.17. The number of ketones is 1. The van der Waals surface area contributed by atoms with E-state index in [1.807, 2.05) is 0 Å². The maximum atomic E-state index is 12.2. The van der Waals surface area contributed by atoms with E-state index in [-0.39, 0.29) is 5.56 Å². The van der Waals surface area contributed by atoms with Gasteiger partial charge in [-0.1, -0.05) is 30.3 Å². The number of carboxylic acids is 2. The van der Waals surface area contributed by atoms with Crippen LogP contribution < -0.4 is 0 Å². The molecule has 0 aliphatic heterocycles. The van der Waals surface area contributed by atoms with Gasteiger partial charge in [0.2, 0.25) is 11.9 Å². The van der Waals surface area contributed by atoms with E-state index in [2.05, 4.69) is 9.78 Å². The number of aliphatic hydroxyl groups is 1. The summed E-state index contributed by atoms with van der Waals surface area (Å²) in [6, 6.07) is 6.98. The maximum absolute atomic E-state index is 12.2. The fourth-order valence-electron chi connectivity index (χ4n) is 1.57. The lowest BCUT2D eigenvalue weighted by molar-refractivity contribution is -0.336. The largest absolute Gasteiger partial charge is 0.479 e. The second-order valence-corrected chi connectivity index (χ2v) is 3.73. The highest BCUT2D eigenvalue weighted by Gasteiger charge is 2.58. The summed E-state index contributed by atoms with van der Waals surface area (Å²) in [5, 5.41) is 27.5. The van der Waals surface area contributed by atoms with Gasteiger partial charge < -0.3 is 15.3 Å². The van der Waals surface area contributed by atoms with Crippen LogP contribution in [0.25, 0.3) is 0 Å². The molecule has 0 radical (unpaired) electrons. The van der Waals surface area contributed by atoms with Crippen molar-refractivity contribution in [1.82, 2.24) is 0 Å². The third kappa shape index (κ3) is 2.67. The molecule has 1 aromatic rings. The van der Waals surface area contributed by atoms with Crippen molar-refractivity contribution < 1.29 is 39.5 Å². The fraction of sp³-hybridized carbons (Fsp3) is 0.250. The summed E-state index contributed by atoms with van der Waals surface area (Å²) in [6.45, 7) is 0. The Hall–Kier alpha value is -2.29. The summed E-state index contributed by atoms with van der Waals surface area (Å²) >= 11 is 0. The molecule has 2 atom stereocenters. The minimum Gasteiger partial charge on any atom is -0.479 e. The lowest BCUT2D eigenvalue weighted by atomic mass is 9.87. The van der Waals surface area contributed by atoms with Gasteiger partial charge in [-0.3, -0.25) is 4.79 Å². The van der Waals surface area contributed by atoms with Crippen LogP contribution in [0.4, 0.5) is 0 Å². The highest BCUT2D eigenvalue weighted by Crippen LogP contribution is 2.24. The van der Waals surface area contributed by atoms with Crippen molar-refractivity contribution in [2.45, 2.75) is 11.7 Å². The SMILES string of the molecule is COO[C@@](C(=O)O)(C(=O)c1ccccc1)[C@H](O)C(=O)O. The minimum absolute atomic E-state index is 0.146. The van der Waals surface area contributed by atoms with E-state index in [4.69, 9.17) is 10.2 Å². The van der Waals surface area contributed by atoms with Crippen LogP contribution in [0, 0.1) is 0 Å². The number of hydrogen-bond donors (Lipinski definition) is 3. The van der Waals surface area contributed by atoms with Crippen molar-refractivity contribution >= 4 is 17.7 Å². The number of rotatable bonds is 7. The standard InChI is InChI=1S/C12H12O8/c1-19-20-12(11(17)18,9(14)10(15)16)8(13)7-5-3-2-4-6-7/h2-6,9,14H,1H3,(H,15,16)(H,17,18)/t9-,12+/m1/s1. The van der Waals surface area contributed by atoms with Crippen LogP contribution in [0.1, 0.15) is 10.4 Å². The van der Waals surface area contributed by atoms with Crippen LogP contribution in [0.3, 0.4) is 0 Å². The average molecular weight is 284 g/mol. The molecule has 0 aromatic heterocycles. The second kappa shape index (κ2) is 6.24. The smallest absolute Gasteiger partial charge is 0.351 e. The molecule has 8 heteroatoms. The number of aliphatic hydroxyl groups excluding tert-OH is 1. The number of Topliss-reactive ketones (excluding diaryl/α,β-unsaturated/α-hetero) is 1. The third-order valence-electron chi connectivity index (χ3n) is 2.52. The number of carbonyl (C=O) groups excluding carboxylic acids is 1. The van der Waals surface area contributed by atoms with Gasteiger partial charge in [-0.05, 0) is 0 Å². The Morgan fingerprint density at radius 2 is 1.70 bits per heavy atom. The van der Waals surface area contributed by atoms with Gasteiger partial charge in [0.15, 0.2) is 0 Å². The van der Waals surface area contributed by atoms with Gasteiger partial charge in [-0.2, -0.15) is 0 Å². The molecule has 0 amide bonds. The molecule has 0 saturated carbocycles. The van der Waals surface area contributed by atoms with Gasteiger partial charge in [-0.15, -0.1) is 0 Å². The van der Waals surface area contributed by atoms with Gasteiger partial charge in [-0.25, -0.2) is 19.4 Å². The molecule has 0 heterocycles. The Morgan fingerprint density at radius 1 is 1.15 bits per heavy atom. The maximum Gasteiger partial charge on any atom is 0.351 e. The highest BCUT2D eigenvalue weighted by atomic mass is 17.2. The molecule has 0 aliphatic carbocycles. The number of benzene rings is 1. The van der Waals surface area contributed by atoms with E-state index in [0.29, 0.717) is 0 Å². The van der Waals surface area contributed by atoms with Crippen molar-refractivity contribution in [2.75, 3.05) is 7.11 Å². The summed E-state index contributed by atoms with van der Waals surface area (Å²) in [6.07, 6.45) is -2.65. The molecular formula is C12H12O8. The Labute approximate surface area is 113 Å². The lowest BCUT2D eigenvalue weighted by Crippen LogP contribution is -2.60. The van der Waals surface area contributed by atoms with Gasteiger partial charge >= 0.3 is 11.9 Å². The number of carboxylic acid groups (broad SMARTS) is 2. The molecule has 0 spiro atoms. The molecule has 1 rings (SSSR count). The molecule has 1 aromatic carbocycles. The predicted octanol–water partition coefficient (Wildman–Crippen LogP) is -0.284. The van der Waals surface area contributed by atoms with E-state index in [1.54, 1.807) is 6.07 Å². The zero-order valence-electron chi connectivity index (χ0n) is 10.3. The van der Waals surface area contributed by atoms with Gasteiger partial charge in [0.1, 0.15) is 0 Å². The van der Waals surface area contributed by atoms with E-state index in [1.165, 1.54) is 24.3 Å². The van der Waals surface area contributed by atoms with Crippen LogP contribution >= 0.6 is 0 Å². The summed E-state index contributed by atoms with van der Waals surface area (Å²) < 4.78 is 0. The zero-order valence-corrected chi connectivity index (χ0v) is 10.3. The summed E-state index contributed by atoms with van der Waals surface area (Å²) in [5.41, 5.74) is -3.24. The Morgan fingerprint density at radius 3 is 2.10 bits per heavy atom. The van der Waals surface area contributed by atoms with Crippen LogP contribution in [0.2, 0.25) is 0 Å². The Kier molecular flexibility index (Phi) is 4.92. The first-order valence-electron chi connectivity index (χ1n) is 5.33. The first-order valence-corrected chi connectivity index (χ1v) is 5.33. The quantitative estimate of drug-likeness (QED) is 0.269. The third-order valence-corrected chi connectivity index (χ3v) is 2.52.